The summed E-state index contributed by atoms with van der Waals surface area (Å²) < 4.78 is 4.88. The highest BCUT2D eigenvalue weighted by Gasteiger charge is 2.48. The van der Waals surface area contributed by atoms with Crippen molar-refractivity contribution in [2.45, 2.75) is 31.6 Å². The number of carboxylic acid groups (broad SMARTS) is 2. The monoisotopic (exact) mass is 267 g/mol. The molecule has 0 atom stereocenters. The normalized spacial score (nSPS) is 11.1. The molecule has 104 valence electrons. The zero-order chi connectivity index (χ0) is 14.5. The fourth-order valence-electron chi connectivity index (χ4n) is 1.89. The summed E-state index contributed by atoms with van der Waals surface area (Å²) >= 11 is 0. The lowest BCUT2D eigenvalue weighted by atomic mass is 9.77. The average Bonchev–Trinajstić information content (AvgIpc) is 2.39. The molecule has 19 heavy (non-hydrogen) atoms. The topological polar surface area (TPSA) is 96.7 Å². The second kappa shape index (κ2) is 6.17. The summed E-state index contributed by atoms with van der Waals surface area (Å²) in [6.07, 6.45) is 2.50. The van der Waals surface area contributed by atoms with Crippen LogP contribution in [0.25, 0.3) is 0 Å². The second-order valence-electron chi connectivity index (χ2n) is 4.21. The Bertz CT molecular complexity index is 441. The fraction of sp³-hybridized carbons (Fsp3) is 0.462. The molecule has 1 aromatic heterocycles. The number of methoxy groups -OCH3 is 1. The Morgan fingerprint density at radius 2 is 1.95 bits per heavy atom. The van der Waals surface area contributed by atoms with Crippen LogP contribution in [0.3, 0.4) is 0 Å². The van der Waals surface area contributed by atoms with E-state index >= 15 is 0 Å². The Labute approximate surface area is 111 Å². The molecule has 0 unspecified atom stereocenters. The maximum absolute atomic E-state index is 11.5. The van der Waals surface area contributed by atoms with Crippen molar-refractivity contribution in [3.05, 3.63) is 23.9 Å². The van der Waals surface area contributed by atoms with Gasteiger partial charge in [0.25, 0.3) is 0 Å². The number of pyridine rings is 1. The standard InChI is InChI=1S/C13H17NO5/c1-3-4-7-13(11(15)16,12(17)18)9-5-6-10(19-2)14-8-9/h5-6,8H,3-4,7H2,1-2H3,(H,15,16)(H,17,18). The molecule has 0 aliphatic rings. The van der Waals surface area contributed by atoms with Gasteiger partial charge in [0.1, 0.15) is 0 Å². The van der Waals surface area contributed by atoms with Crippen LogP contribution in [0.15, 0.2) is 18.3 Å². The van der Waals surface area contributed by atoms with Crippen molar-refractivity contribution < 1.29 is 24.5 Å². The van der Waals surface area contributed by atoms with Crippen LogP contribution in [0, 0.1) is 0 Å². The predicted octanol–water partition coefficient (Wildman–Crippen LogP) is 1.69. The van der Waals surface area contributed by atoms with E-state index < -0.39 is 17.4 Å². The molecular weight excluding hydrogens is 250 g/mol. The maximum atomic E-state index is 11.5. The molecular formula is C13H17NO5. The number of carbonyl (C=O) groups is 2. The van der Waals surface area contributed by atoms with Gasteiger partial charge in [0, 0.05) is 12.3 Å². The minimum absolute atomic E-state index is 0.0299. The highest BCUT2D eigenvalue weighted by molar-refractivity contribution is 6.04. The third kappa shape index (κ3) is 2.83. The quantitative estimate of drug-likeness (QED) is 0.730. The van der Waals surface area contributed by atoms with E-state index in [0.717, 1.165) is 0 Å². The molecule has 0 aliphatic carbocycles. The van der Waals surface area contributed by atoms with Crippen molar-refractivity contribution in [2.75, 3.05) is 7.11 Å². The van der Waals surface area contributed by atoms with Crippen molar-refractivity contribution in [3.63, 3.8) is 0 Å². The molecule has 1 rings (SSSR count). The third-order valence-corrected chi connectivity index (χ3v) is 3.07. The van der Waals surface area contributed by atoms with Crippen molar-refractivity contribution >= 4 is 11.9 Å². The van der Waals surface area contributed by atoms with Gasteiger partial charge >= 0.3 is 11.9 Å². The number of nitrogens with zero attached hydrogens (tertiary/aromatic N) is 1. The number of aromatic nitrogens is 1. The molecule has 1 heterocycles. The molecule has 0 bridgehead atoms. The van der Waals surface area contributed by atoms with Crippen molar-refractivity contribution in [3.8, 4) is 5.88 Å². The summed E-state index contributed by atoms with van der Waals surface area (Å²) in [5.41, 5.74) is -1.79. The van der Waals surface area contributed by atoms with Gasteiger partial charge in [-0.25, -0.2) is 4.98 Å². The van der Waals surface area contributed by atoms with Crippen LogP contribution >= 0.6 is 0 Å². The van der Waals surface area contributed by atoms with E-state index in [-0.39, 0.29) is 12.0 Å². The lowest BCUT2D eigenvalue weighted by molar-refractivity contribution is -0.158. The van der Waals surface area contributed by atoms with Crippen molar-refractivity contribution in [1.29, 1.82) is 0 Å². The molecule has 6 nitrogen and oxygen atoms in total. The van der Waals surface area contributed by atoms with Crippen molar-refractivity contribution in [2.24, 2.45) is 0 Å². The first-order chi connectivity index (χ1) is 8.98. The van der Waals surface area contributed by atoms with Gasteiger partial charge in [-0.05, 0) is 12.0 Å². The zero-order valence-electron chi connectivity index (χ0n) is 10.9. The van der Waals surface area contributed by atoms with Gasteiger partial charge < -0.3 is 14.9 Å². The van der Waals surface area contributed by atoms with Gasteiger partial charge in [0.05, 0.1) is 7.11 Å². The molecule has 6 heteroatoms. The molecule has 0 aliphatic heterocycles. The predicted molar refractivity (Wildman–Crippen MR) is 67.3 cm³/mol. The summed E-state index contributed by atoms with van der Waals surface area (Å²) in [6, 6.07) is 2.89. The Morgan fingerprint density at radius 1 is 1.32 bits per heavy atom. The number of ether oxygens (including phenoxy) is 1. The Kier molecular flexibility index (Phi) is 4.86. The van der Waals surface area contributed by atoms with Gasteiger partial charge in [0.2, 0.25) is 5.88 Å². The number of unbranched alkanes of at least 4 members (excludes halogenated alkanes) is 1. The first kappa shape index (κ1) is 14.9. The highest BCUT2D eigenvalue weighted by Crippen LogP contribution is 2.31. The number of rotatable bonds is 7. The first-order valence-corrected chi connectivity index (χ1v) is 5.96. The molecule has 0 aromatic carbocycles. The van der Waals surface area contributed by atoms with Gasteiger partial charge in [0.15, 0.2) is 5.41 Å². The first-order valence-electron chi connectivity index (χ1n) is 5.96. The van der Waals surface area contributed by atoms with Gasteiger partial charge in [-0.3, -0.25) is 9.59 Å². The fourth-order valence-corrected chi connectivity index (χ4v) is 1.89. The maximum Gasteiger partial charge on any atom is 0.325 e. The minimum atomic E-state index is -1.95. The number of carboxylic acids is 2. The van der Waals surface area contributed by atoms with Crippen LogP contribution in [0.4, 0.5) is 0 Å². The van der Waals surface area contributed by atoms with E-state index in [1.807, 2.05) is 6.92 Å². The van der Waals surface area contributed by atoms with Gasteiger partial charge in [-0.2, -0.15) is 0 Å². The van der Waals surface area contributed by atoms with E-state index in [0.29, 0.717) is 18.7 Å². The third-order valence-electron chi connectivity index (χ3n) is 3.07. The molecule has 0 saturated heterocycles. The van der Waals surface area contributed by atoms with Crippen molar-refractivity contribution in [1.82, 2.24) is 4.98 Å². The summed E-state index contributed by atoms with van der Waals surface area (Å²) in [7, 11) is 1.43. The molecule has 0 fully saturated rings. The van der Waals surface area contributed by atoms with E-state index in [9.17, 15) is 19.8 Å². The van der Waals surface area contributed by atoms with E-state index in [4.69, 9.17) is 4.74 Å². The molecule has 0 saturated carbocycles. The second-order valence-corrected chi connectivity index (χ2v) is 4.21. The lowest BCUT2D eigenvalue weighted by Gasteiger charge is -2.24. The number of hydrogen-bond acceptors (Lipinski definition) is 4. The van der Waals surface area contributed by atoms with Crippen LogP contribution in [0.1, 0.15) is 31.7 Å². The molecule has 1 aromatic rings. The number of hydrogen-bond donors (Lipinski definition) is 2. The van der Waals surface area contributed by atoms with Crippen LogP contribution < -0.4 is 4.74 Å². The van der Waals surface area contributed by atoms with Crippen LogP contribution in [-0.4, -0.2) is 34.2 Å². The Balaban J connectivity index is 3.27. The zero-order valence-corrected chi connectivity index (χ0v) is 10.9. The molecule has 2 N–H and O–H groups in total. The van der Waals surface area contributed by atoms with Crippen LogP contribution in [-0.2, 0) is 15.0 Å². The smallest absolute Gasteiger partial charge is 0.325 e. The van der Waals surface area contributed by atoms with E-state index in [1.165, 1.54) is 25.4 Å². The lowest BCUT2D eigenvalue weighted by Crippen LogP contribution is -2.43. The summed E-state index contributed by atoms with van der Waals surface area (Å²) in [5, 5.41) is 18.7. The highest BCUT2D eigenvalue weighted by atomic mass is 16.5. The molecule has 0 radical (unpaired) electrons. The Morgan fingerprint density at radius 3 is 2.32 bits per heavy atom. The molecule has 0 spiro atoms. The van der Waals surface area contributed by atoms with E-state index in [2.05, 4.69) is 4.98 Å². The largest absolute Gasteiger partial charge is 0.481 e. The molecule has 0 amide bonds. The minimum Gasteiger partial charge on any atom is -0.481 e. The number of aliphatic carboxylic acids is 2. The SMILES string of the molecule is CCCCC(C(=O)O)(C(=O)O)c1ccc(OC)nc1. The summed E-state index contributed by atoms with van der Waals surface area (Å²) in [5.74, 6) is -2.44. The van der Waals surface area contributed by atoms with Crippen LogP contribution in [0.5, 0.6) is 5.88 Å². The van der Waals surface area contributed by atoms with Gasteiger partial charge in [-0.15, -0.1) is 0 Å². The summed E-state index contributed by atoms with van der Waals surface area (Å²) in [6.45, 7) is 1.88. The summed E-state index contributed by atoms with van der Waals surface area (Å²) in [4.78, 5) is 26.9. The van der Waals surface area contributed by atoms with Crippen LogP contribution in [0.2, 0.25) is 0 Å². The average molecular weight is 267 g/mol. The van der Waals surface area contributed by atoms with Gasteiger partial charge in [-0.1, -0.05) is 25.8 Å². The van der Waals surface area contributed by atoms with E-state index in [1.54, 1.807) is 0 Å². The Hall–Kier alpha value is -2.11.